The van der Waals surface area contributed by atoms with Crippen LogP contribution < -0.4 is 10.6 Å². The summed E-state index contributed by atoms with van der Waals surface area (Å²) in [6.07, 6.45) is 6.08. The minimum absolute atomic E-state index is 0.0236. The predicted molar refractivity (Wildman–Crippen MR) is 121 cm³/mol. The lowest BCUT2D eigenvalue weighted by Gasteiger charge is -2.21. The Labute approximate surface area is 185 Å². The van der Waals surface area contributed by atoms with Crippen LogP contribution >= 0.6 is 11.6 Å². The summed E-state index contributed by atoms with van der Waals surface area (Å²) in [5.74, 6) is -0.890. The largest absolute Gasteiger partial charge is 0.321 e. The lowest BCUT2D eigenvalue weighted by Crippen LogP contribution is -2.35. The maximum Gasteiger partial charge on any atom is 0.272 e. The third-order valence-electron chi connectivity index (χ3n) is 5.32. The molecule has 1 saturated carbocycles. The molecule has 1 fully saturated rings. The predicted octanol–water partition coefficient (Wildman–Crippen LogP) is 5.23. The smallest absolute Gasteiger partial charge is 0.272 e. The van der Waals surface area contributed by atoms with Crippen LogP contribution in [0.2, 0.25) is 5.02 Å². The van der Waals surface area contributed by atoms with E-state index >= 15 is 0 Å². The summed E-state index contributed by atoms with van der Waals surface area (Å²) in [6, 6.07) is 11.0. The van der Waals surface area contributed by atoms with E-state index in [9.17, 15) is 19.7 Å². The van der Waals surface area contributed by atoms with Gasteiger partial charge in [-0.1, -0.05) is 49.1 Å². The molecule has 0 heterocycles. The van der Waals surface area contributed by atoms with Crippen LogP contribution in [0.5, 0.6) is 0 Å². The number of anilines is 1. The Hall–Kier alpha value is -3.19. The second-order valence-electron chi connectivity index (χ2n) is 7.65. The van der Waals surface area contributed by atoms with E-state index in [0.29, 0.717) is 16.3 Å². The first kappa shape index (κ1) is 22.5. The normalized spacial score (nSPS) is 14.7. The molecule has 0 saturated heterocycles. The minimum Gasteiger partial charge on any atom is -0.321 e. The van der Waals surface area contributed by atoms with Crippen molar-refractivity contribution in [2.75, 3.05) is 5.32 Å². The van der Waals surface area contributed by atoms with Crippen molar-refractivity contribution in [1.29, 1.82) is 0 Å². The van der Waals surface area contributed by atoms with Gasteiger partial charge in [-0.05, 0) is 49.1 Å². The van der Waals surface area contributed by atoms with Crippen molar-refractivity contribution in [2.24, 2.45) is 5.92 Å². The number of nitrogens with one attached hydrogen (secondary N) is 2. The number of hydrogen-bond acceptors (Lipinski definition) is 4. The third kappa shape index (κ3) is 6.15. The fourth-order valence-corrected chi connectivity index (χ4v) is 3.74. The molecule has 0 bridgehead atoms. The number of non-ortho nitro benzene ring substituents is 1. The van der Waals surface area contributed by atoms with Gasteiger partial charge in [0.1, 0.15) is 5.70 Å². The molecule has 2 amide bonds. The molecule has 0 atom stereocenters. The summed E-state index contributed by atoms with van der Waals surface area (Å²) < 4.78 is 0. The lowest BCUT2D eigenvalue weighted by molar-refractivity contribution is -0.384. The van der Waals surface area contributed by atoms with Crippen molar-refractivity contribution < 1.29 is 14.5 Å². The molecule has 2 N–H and O–H groups in total. The first-order valence-corrected chi connectivity index (χ1v) is 10.6. The molecule has 0 radical (unpaired) electrons. The Kier molecular flexibility index (Phi) is 7.41. The SMILES string of the molecule is Cc1ccc(Cl)cc1NC(=O)C(=Cc1cccc([N+](=O)[O-])c1)NC(=O)C1CCCCC1. The summed E-state index contributed by atoms with van der Waals surface area (Å²) in [5.41, 5.74) is 1.69. The van der Waals surface area contributed by atoms with Crippen LogP contribution in [0, 0.1) is 23.0 Å². The average molecular weight is 442 g/mol. The van der Waals surface area contributed by atoms with Gasteiger partial charge in [0.2, 0.25) is 5.91 Å². The first-order valence-electron chi connectivity index (χ1n) is 10.2. The summed E-state index contributed by atoms with van der Waals surface area (Å²) in [5, 5.41) is 17.1. The number of nitro groups is 1. The maximum atomic E-state index is 13.0. The highest BCUT2D eigenvalue weighted by Crippen LogP contribution is 2.25. The number of amides is 2. The van der Waals surface area contributed by atoms with Crippen molar-refractivity contribution >= 4 is 40.9 Å². The van der Waals surface area contributed by atoms with Crippen LogP contribution in [0.1, 0.15) is 43.2 Å². The molecular formula is C23H24ClN3O4. The highest BCUT2D eigenvalue weighted by Gasteiger charge is 2.24. The van der Waals surface area contributed by atoms with Crippen LogP contribution in [-0.2, 0) is 9.59 Å². The van der Waals surface area contributed by atoms with Gasteiger partial charge in [-0.2, -0.15) is 0 Å². The number of halogens is 1. The summed E-state index contributed by atoms with van der Waals surface area (Å²) in [6.45, 7) is 1.83. The van der Waals surface area contributed by atoms with E-state index in [2.05, 4.69) is 10.6 Å². The summed E-state index contributed by atoms with van der Waals surface area (Å²) in [7, 11) is 0. The van der Waals surface area contributed by atoms with E-state index < -0.39 is 10.8 Å². The standard InChI is InChI=1S/C23H24ClN3O4/c1-15-10-11-18(24)14-20(15)25-23(29)21(26-22(28)17-7-3-2-4-8-17)13-16-6-5-9-19(12-16)27(30)31/h5-6,9-14,17H,2-4,7-8H2,1H3,(H,25,29)(H,26,28). The molecule has 1 aliphatic carbocycles. The number of benzene rings is 2. The Bertz CT molecular complexity index is 1030. The van der Waals surface area contributed by atoms with Crippen LogP contribution in [-0.4, -0.2) is 16.7 Å². The number of hydrogen-bond donors (Lipinski definition) is 2. The van der Waals surface area contributed by atoms with Gasteiger partial charge < -0.3 is 10.6 Å². The van der Waals surface area contributed by atoms with Crippen molar-refractivity contribution in [1.82, 2.24) is 5.32 Å². The van der Waals surface area contributed by atoms with Crippen LogP contribution in [0.4, 0.5) is 11.4 Å². The molecule has 162 valence electrons. The van der Waals surface area contributed by atoms with Crippen LogP contribution in [0.15, 0.2) is 48.2 Å². The number of nitro benzene ring substituents is 1. The number of nitrogens with zero attached hydrogens (tertiary/aromatic N) is 1. The molecule has 1 aliphatic rings. The molecule has 2 aromatic carbocycles. The molecule has 0 spiro atoms. The van der Waals surface area contributed by atoms with Gasteiger partial charge >= 0.3 is 0 Å². The molecule has 8 heteroatoms. The van der Waals surface area contributed by atoms with Gasteiger partial charge in [0.05, 0.1) is 4.92 Å². The van der Waals surface area contributed by atoms with E-state index in [1.54, 1.807) is 24.3 Å². The fraction of sp³-hybridized carbons (Fsp3) is 0.304. The zero-order valence-electron chi connectivity index (χ0n) is 17.2. The van der Waals surface area contributed by atoms with E-state index in [0.717, 1.165) is 37.7 Å². The number of aryl methyl sites for hydroxylation is 1. The van der Waals surface area contributed by atoms with Gasteiger partial charge in [-0.15, -0.1) is 0 Å². The highest BCUT2D eigenvalue weighted by atomic mass is 35.5. The van der Waals surface area contributed by atoms with E-state index in [4.69, 9.17) is 11.6 Å². The highest BCUT2D eigenvalue weighted by molar-refractivity contribution is 6.31. The van der Waals surface area contributed by atoms with Crippen molar-refractivity contribution in [3.05, 3.63) is 74.4 Å². The Morgan fingerprint density at radius 3 is 2.58 bits per heavy atom. The van der Waals surface area contributed by atoms with Crippen LogP contribution in [0.25, 0.3) is 6.08 Å². The minimum atomic E-state index is -0.527. The first-order chi connectivity index (χ1) is 14.8. The molecule has 7 nitrogen and oxygen atoms in total. The zero-order chi connectivity index (χ0) is 22.4. The Morgan fingerprint density at radius 1 is 1.13 bits per heavy atom. The Balaban J connectivity index is 1.90. The molecule has 2 aromatic rings. The summed E-state index contributed by atoms with van der Waals surface area (Å²) >= 11 is 6.04. The van der Waals surface area contributed by atoms with Gasteiger partial charge in [0, 0.05) is 28.8 Å². The number of carbonyl (C=O) groups excluding carboxylic acids is 2. The van der Waals surface area contributed by atoms with Crippen molar-refractivity contribution in [3.8, 4) is 0 Å². The zero-order valence-corrected chi connectivity index (χ0v) is 17.9. The maximum absolute atomic E-state index is 13.0. The molecule has 0 unspecified atom stereocenters. The quantitative estimate of drug-likeness (QED) is 0.364. The molecular weight excluding hydrogens is 418 g/mol. The van der Waals surface area contributed by atoms with E-state index in [-0.39, 0.29) is 23.2 Å². The molecule has 31 heavy (non-hydrogen) atoms. The molecule has 3 rings (SSSR count). The van der Waals surface area contributed by atoms with Crippen LogP contribution in [0.3, 0.4) is 0 Å². The third-order valence-corrected chi connectivity index (χ3v) is 5.55. The average Bonchev–Trinajstić information content (AvgIpc) is 2.76. The monoisotopic (exact) mass is 441 g/mol. The van der Waals surface area contributed by atoms with Crippen molar-refractivity contribution in [2.45, 2.75) is 39.0 Å². The lowest BCUT2D eigenvalue weighted by atomic mass is 9.88. The molecule has 0 aromatic heterocycles. The second-order valence-corrected chi connectivity index (χ2v) is 8.08. The number of carbonyl (C=O) groups is 2. The fourth-order valence-electron chi connectivity index (χ4n) is 3.57. The van der Waals surface area contributed by atoms with Gasteiger partial charge in [-0.3, -0.25) is 19.7 Å². The topological polar surface area (TPSA) is 101 Å². The second kappa shape index (κ2) is 10.2. The molecule has 0 aliphatic heterocycles. The summed E-state index contributed by atoms with van der Waals surface area (Å²) in [4.78, 5) is 36.4. The van der Waals surface area contributed by atoms with Gasteiger partial charge in [0.25, 0.3) is 11.6 Å². The van der Waals surface area contributed by atoms with Gasteiger partial charge in [0.15, 0.2) is 0 Å². The van der Waals surface area contributed by atoms with E-state index in [1.165, 1.54) is 24.3 Å². The number of rotatable bonds is 6. The van der Waals surface area contributed by atoms with E-state index in [1.807, 2.05) is 6.92 Å². The Morgan fingerprint density at radius 2 is 1.87 bits per heavy atom. The van der Waals surface area contributed by atoms with Crippen molar-refractivity contribution in [3.63, 3.8) is 0 Å². The van der Waals surface area contributed by atoms with Gasteiger partial charge in [-0.25, -0.2) is 0 Å².